The molecule has 1 saturated heterocycles. The van der Waals surface area contributed by atoms with E-state index in [0.29, 0.717) is 30.2 Å². The first-order chi connectivity index (χ1) is 16.3. The number of nitrogens with zero attached hydrogens (tertiary/aromatic N) is 1. The van der Waals surface area contributed by atoms with E-state index >= 15 is 0 Å². The lowest BCUT2D eigenvalue weighted by atomic mass is 9.91. The molecule has 4 rings (SSSR count). The van der Waals surface area contributed by atoms with Crippen molar-refractivity contribution in [3.05, 3.63) is 70.3 Å². The number of nitrogens with one attached hydrogen (secondary N) is 2. The highest BCUT2D eigenvalue weighted by Crippen LogP contribution is 2.37. The van der Waals surface area contributed by atoms with E-state index in [9.17, 15) is 31.1 Å². The maximum Gasteiger partial charge on any atom is 0.430 e. The van der Waals surface area contributed by atoms with Gasteiger partial charge in [0.15, 0.2) is 0 Å². The van der Waals surface area contributed by atoms with Crippen LogP contribution >= 0.6 is 11.6 Å². The van der Waals surface area contributed by atoms with Crippen molar-refractivity contribution in [2.45, 2.75) is 30.8 Å². The Morgan fingerprint density at radius 1 is 1.03 bits per heavy atom. The van der Waals surface area contributed by atoms with Crippen molar-refractivity contribution in [1.82, 2.24) is 10.5 Å². The van der Waals surface area contributed by atoms with Crippen LogP contribution < -0.4 is 10.8 Å². The number of halogens is 7. The Kier molecular flexibility index (Phi) is 6.64. The lowest BCUT2D eigenvalue weighted by Crippen LogP contribution is -2.45. The smallest absolute Gasteiger partial charge is 0.351 e. The van der Waals surface area contributed by atoms with Gasteiger partial charge in [0.2, 0.25) is 0 Å². The number of hydroxylamine groups is 3. The number of alkyl halides is 6. The van der Waals surface area contributed by atoms with Gasteiger partial charge in [0.05, 0.1) is 21.8 Å². The van der Waals surface area contributed by atoms with E-state index in [4.69, 9.17) is 21.3 Å². The van der Waals surface area contributed by atoms with Gasteiger partial charge in [0, 0.05) is 18.8 Å². The first-order valence-electron chi connectivity index (χ1n) is 10.3. The molecule has 0 aliphatic carbocycles. The molecule has 2 heterocycles. The fourth-order valence-electron chi connectivity index (χ4n) is 3.74. The highest BCUT2D eigenvalue weighted by Gasteiger charge is 2.40. The van der Waals surface area contributed by atoms with Crippen LogP contribution in [0.3, 0.4) is 0 Å². The Morgan fingerprint density at radius 2 is 1.69 bits per heavy atom. The molecule has 2 aliphatic heterocycles. The number of amides is 1. The predicted octanol–water partition coefficient (Wildman–Crippen LogP) is 6.25. The zero-order valence-corrected chi connectivity index (χ0v) is 18.5. The summed E-state index contributed by atoms with van der Waals surface area (Å²) in [7, 11) is 0. The van der Waals surface area contributed by atoms with Crippen LogP contribution in [0.4, 0.5) is 36.8 Å². The third-order valence-corrected chi connectivity index (χ3v) is 5.92. The normalized spacial score (nSPS) is 18.2. The fourth-order valence-corrected chi connectivity index (χ4v) is 3.96. The number of hydrogen-bond acceptors (Lipinski definition) is 5. The first kappa shape index (κ1) is 25.1. The van der Waals surface area contributed by atoms with Crippen molar-refractivity contribution in [3.63, 3.8) is 0 Å². The molecule has 188 valence electrons. The largest absolute Gasteiger partial charge is 0.430 e. The molecule has 2 aromatic carbocycles. The minimum absolute atomic E-state index is 0.132. The van der Waals surface area contributed by atoms with Gasteiger partial charge in [-0.3, -0.25) is 15.6 Å². The van der Waals surface area contributed by atoms with E-state index in [1.165, 1.54) is 23.3 Å². The van der Waals surface area contributed by atoms with Crippen molar-refractivity contribution in [3.8, 4) is 0 Å². The molecule has 0 saturated carbocycles. The lowest BCUT2D eigenvalue weighted by molar-refractivity contribution is -0.153. The Bertz CT molecular complexity index is 1130. The summed E-state index contributed by atoms with van der Waals surface area (Å²) in [5, 5.41) is 3.08. The second kappa shape index (κ2) is 9.25. The highest BCUT2D eigenvalue weighted by molar-refractivity contribution is 6.31. The molecule has 2 N–H and O–H groups in total. The van der Waals surface area contributed by atoms with E-state index in [1.54, 1.807) is 6.08 Å². The van der Waals surface area contributed by atoms with Crippen molar-refractivity contribution in [2.75, 3.05) is 18.4 Å². The lowest BCUT2D eigenvalue weighted by Gasteiger charge is -2.35. The summed E-state index contributed by atoms with van der Waals surface area (Å²) in [5.74, 6) is 0. The number of anilines is 1. The third-order valence-electron chi connectivity index (χ3n) is 5.59. The SMILES string of the molecule is O=C(Nc1ccc(Cl)c(C(F)(F)F)c1)ON1CCC2(C=C(c3ccc(C(F)(F)F)cc3)NO2)CC1. The number of benzene rings is 2. The first-order valence-corrected chi connectivity index (χ1v) is 10.7. The summed E-state index contributed by atoms with van der Waals surface area (Å²) in [6.45, 7) is 0.501. The second-order valence-electron chi connectivity index (χ2n) is 8.03. The molecule has 2 aromatic rings. The van der Waals surface area contributed by atoms with Gasteiger partial charge in [0.1, 0.15) is 5.60 Å². The third kappa shape index (κ3) is 5.82. The summed E-state index contributed by atoms with van der Waals surface area (Å²) in [6, 6.07) is 7.60. The number of hydrogen-bond donors (Lipinski definition) is 2. The highest BCUT2D eigenvalue weighted by atomic mass is 35.5. The van der Waals surface area contributed by atoms with Crippen LogP contribution in [0.2, 0.25) is 5.02 Å². The fraction of sp³-hybridized carbons (Fsp3) is 0.318. The summed E-state index contributed by atoms with van der Waals surface area (Å²) < 4.78 is 77.2. The molecule has 0 radical (unpaired) electrons. The molecule has 35 heavy (non-hydrogen) atoms. The van der Waals surface area contributed by atoms with Crippen molar-refractivity contribution < 1.29 is 40.8 Å². The van der Waals surface area contributed by atoms with Crippen LogP contribution in [0.25, 0.3) is 5.70 Å². The monoisotopic (exact) mass is 521 g/mol. The molecular weight excluding hydrogens is 504 g/mol. The second-order valence-corrected chi connectivity index (χ2v) is 8.43. The predicted molar refractivity (Wildman–Crippen MR) is 114 cm³/mol. The summed E-state index contributed by atoms with van der Waals surface area (Å²) in [4.78, 5) is 23.0. The molecule has 1 amide bonds. The van der Waals surface area contributed by atoms with Gasteiger partial charge in [-0.15, -0.1) is 5.06 Å². The van der Waals surface area contributed by atoms with Gasteiger partial charge in [-0.05, 0) is 54.8 Å². The summed E-state index contributed by atoms with van der Waals surface area (Å²) >= 11 is 5.57. The van der Waals surface area contributed by atoms with E-state index in [1.807, 2.05) is 0 Å². The maximum absolute atomic E-state index is 13.0. The molecule has 2 aliphatic rings. The Hall–Kier alpha value is -2.96. The molecule has 1 fully saturated rings. The van der Waals surface area contributed by atoms with E-state index in [-0.39, 0.29) is 18.8 Å². The van der Waals surface area contributed by atoms with Gasteiger partial charge < -0.3 is 4.84 Å². The number of rotatable bonds is 3. The summed E-state index contributed by atoms with van der Waals surface area (Å²) in [6.07, 6.45) is -7.53. The Labute approximate surface area is 200 Å². The number of piperidine rings is 1. The van der Waals surface area contributed by atoms with Crippen molar-refractivity contribution in [1.29, 1.82) is 0 Å². The van der Waals surface area contributed by atoms with E-state index in [0.717, 1.165) is 18.2 Å². The average Bonchev–Trinajstić information content (AvgIpc) is 3.19. The summed E-state index contributed by atoms with van der Waals surface area (Å²) in [5.41, 5.74) is 1.07. The van der Waals surface area contributed by atoms with Crippen LogP contribution in [-0.4, -0.2) is 29.8 Å². The molecule has 1 spiro atoms. The number of carbonyl (C=O) groups excluding carboxylic acids is 1. The molecule has 0 unspecified atom stereocenters. The van der Waals surface area contributed by atoms with Crippen LogP contribution in [0, 0.1) is 0 Å². The molecule has 0 bridgehead atoms. The van der Waals surface area contributed by atoms with Crippen LogP contribution in [-0.2, 0) is 22.0 Å². The van der Waals surface area contributed by atoms with Gasteiger partial charge in [0.25, 0.3) is 0 Å². The van der Waals surface area contributed by atoms with Gasteiger partial charge >= 0.3 is 18.4 Å². The van der Waals surface area contributed by atoms with Crippen molar-refractivity contribution >= 4 is 29.1 Å². The average molecular weight is 522 g/mol. The maximum atomic E-state index is 13.0. The molecule has 0 aromatic heterocycles. The van der Waals surface area contributed by atoms with E-state index < -0.39 is 40.2 Å². The van der Waals surface area contributed by atoms with Crippen LogP contribution in [0.15, 0.2) is 48.5 Å². The van der Waals surface area contributed by atoms with E-state index in [2.05, 4.69) is 10.8 Å². The standard InChI is InChI=1S/C22H18ClF6N3O3/c23-17-6-5-15(11-16(17)22(27,28)29)30-19(33)34-32-9-7-20(8-10-32)12-18(31-35-20)13-1-3-14(4-2-13)21(24,25)26/h1-6,11-12,31H,7-10H2,(H,30,33). The van der Waals surface area contributed by atoms with Crippen molar-refractivity contribution in [2.24, 2.45) is 0 Å². The molecular formula is C22H18ClF6N3O3. The molecule has 6 nitrogen and oxygen atoms in total. The van der Waals surface area contributed by atoms with Gasteiger partial charge in [-0.25, -0.2) is 4.79 Å². The number of carbonyl (C=O) groups is 1. The van der Waals surface area contributed by atoms with Gasteiger partial charge in [-0.1, -0.05) is 23.7 Å². The van der Waals surface area contributed by atoms with Crippen LogP contribution in [0.1, 0.15) is 29.5 Å². The van der Waals surface area contributed by atoms with Crippen LogP contribution in [0.5, 0.6) is 0 Å². The van der Waals surface area contributed by atoms with Gasteiger partial charge in [-0.2, -0.15) is 26.3 Å². The quantitative estimate of drug-likeness (QED) is 0.467. The minimum Gasteiger partial charge on any atom is -0.351 e. The molecule has 0 atom stereocenters. The Balaban J connectivity index is 1.33. The zero-order valence-electron chi connectivity index (χ0n) is 17.8. The minimum atomic E-state index is -4.68. The molecule has 13 heteroatoms. The Morgan fingerprint density at radius 3 is 2.29 bits per heavy atom. The zero-order chi connectivity index (χ0) is 25.4. The topological polar surface area (TPSA) is 62.8 Å².